The summed E-state index contributed by atoms with van der Waals surface area (Å²) in [5, 5.41) is 10.4. The molecule has 0 atom stereocenters. The molecule has 0 aliphatic heterocycles. The van der Waals surface area contributed by atoms with Crippen LogP contribution in [-0.2, 0) is 6.18 Å². The van der Waals surface area contributed by atoms with Crippen molar-refractivity contribution >= 4 is 34.2 Å². The summed E-state index contributed by atoms with van der Waals surface area (Å²) in [5.74, 6) is 0.386. The van der Waals surface area contributed by atoms with Crippen molar-refractivity contribution in [1.82, 2.24) is 9.55 Å². The number of phenols is 1. The normalized spacial score (nSPS) is 11.0. The summed E-state index contributed by atoms with van der Waals surface area (Å²) in [6.07, 6.45) is -1.30. The number of nitrogens with zero attached hydrogens (tertiary/aromatic N) is 2. The molecular formula is C17H13ClF3IN2O. The van der Waals surface area contributed by atoms with Crippen molar-refractivity contribution in [1.29, 1.82) is 0 Å². The number of aromatic nitrogens is 2. The van der Waals surface area contributed by atoms with Crippen LogP contribution < -0.4 is 0 Å². The highest BCUT2D eigenvalue weighted by Crippen LogP contribution is 2.32. The maximum atomic E-state index is 12.6. The third-order valence-corrected chi connectivity index (χ3v) is 3.54. The Balaban J connectivity index is 0.00000109. The number of phenolic OH excluding ortho intramolecular Hbond substituents is 1. The predicted octanol–water partition coefficient (Wildman–Crippen LogP) is 5.97. The third-order valence-electron chi connectivity index (χ3n) is 3.31. The van der Waals surface area contributed by atoms with Crippen molar-refractivity contribution in [3.05, 3.63) is 65.4 Å². The van der Waals surface area contributed by atoms with Gasteiger partial charge in [0.25, 0.3) is 0 Å². The Morgan fingerprint density at radius 2 is 1.72 bits per heavy atom. The van der Waals surface area contributed by atoms with E-state index in [0.717, 1.165) is 12.1 Å². The van der Waals surface area contributed by atoms with Gasteiger partial charge < -0.3 is 5.11 Å². The number of benzene rings is 2. The van der Waals surface area contributed by atoms with Gasteiger partial charge in [-0.05, 0) is 35.3 Å². The average molecular weight is 481 g/mol. The molecule has 0 aliphatic rings. The van der Waals surface area contributed by atoms with Crippen LogP contribution >= 0.6 is 34.2 Å². The Morgan fingerprint density at radius 3 is 2.32 bits per heavy atom. The second-order valence-electron chi connectivity index (χ2n) is 4.83. The molecule has 0 saturated carbocycles. The van der Waals surface area contributed by atoms with Crippen molar-refractivity contribution in [3.63, 3.8) is 0 Å². The molecule has 2 aromatic carbocycles. The third kappa shape index (κ3) is 4.46. The van der Waals surface area contributed by atoms with Gasteiger partial charge in [0, 0.05) is 23.0 Å². The lowest BCUT2D eigenvalue weighted by Crippen LogP contribution is -2.04. The number of hydrogen-bond acceptors (Lipinski definition) is 2. The van der Waals surface area contributed by atoms with Gasteiger partial charge in [0.2, 0.25) is 0 Å². The summed E-state index contributed by atoms with van der Waals surface area (Å²) in [5.41, 5.74) is 0.150. The fourth-order valence-corrected chi connectivity index (χ4v) is 2.38. The van der Waals surface area contributed by atoms with E-state index >= 15 is 0 Å². The van der Waals surface area contributed by atoms with E-state index < -0.39 is 11.7 Å². The van der Waals surface area contributed by atoms with E-state index in [0.29, 0.717) is 22.1 Å². The Morgan fingerprint density at radius 1 is 1.08 bits per heavy atom. The zero-order valence-corrected chi connectivity index (χ0v) is 15.8. The molecule has 0 saturated heterocycles. The summed E-state index contributed by atoms with van der Waals surface area (Å²) in [6.45, 7) is 0. The van der Waals surface area contributed by atoms with Crippen molar-refractivity contribution in [2.75, 3.05) is 4.93 Å². The van der Waals surface area contributed by atoms with Crippen LogP contribution in [0.1, 0.15) is 5.56 Å². The SMILES string of the molecule is CI.Oc1ccc(Cl)cc1-n1ccnc1-c1ccc(C(F)(F)F)cc1. The molecule has 132 valence electrons. The van der Waals surface area contributed by atoms with Gasteiger partial charge in [-0.1, -0.05) is 46.3 Å². The van der Waals surface area contributed by atoms with E-state index in [-0.39, 0.29) is 5.75 Å². The monoisotopic (exact) mass is 480 g/mol. The molecule has 1 heterocycles. The molecule has 0 amide bonds. The van der Waals surface area contributed by atoms with Crippen molar-refractivity contribution in [2.45, 2.75) is 6.18 Å². The van der Waals surface area contributed by atoms with Gasteiger partial charge in [0.15, 0.2) is 0 Å². The average Bonchev–Trinajstić information content (AvgIpc) is 3.07. The standard InChI is InChI=1S/C16H10ClF3N2O.CH3I/c17-12-5-6-14(23)13(9-12)22-8-7-21-15(22)10-1-3-11(4-2-10)16(18,19)20;1-2/h1-9,23H;1H3. The lowest BCUT2D eigenvalue weighted by Gasteiger charge is -2.11. The van der Waals surface area contributed by atoms with Crippen LogP contribution in [0.3, 0.4) is 0 Å². The molecule has 8 heteroatoms. The lowest BCUT2D eigenvalue weighted by atomic mass is 10.1. The van der Waals surface area contributed by atoms with Crippen LogP contribution in [0.4, 0.5) is 13.2 Å². The van der Waals surface area contributed by atoms with Crippen LogP contribution in [0, 0.1) is 0 Å². The Hall–Kier alpha value is -1.74. The maximum Gasteiger partial charge on any atom is 0.416 e. The van der Waals surface area contributed by atoms with Crippen LogP contribution in [0.15, 0.2) is 54.9 Å². The van der Waals surface area contributed by atoms with E-state index in [1.165, 1.54) is 30.5 Å². The summed E-state index contributed by atoms with van der Waals surface area (Å²) in [7, 11) is 0. The minimum Gasteiger partial charge on any atom is -0.506 e. The molecule has 1 aromatic heterocycles. The fourth-order valence-electron chi connectivity index (χ4n) is 2.21. The number of imidazole rings is 1. The van der Waals surface area contributed by atoms with E-state index in [2.05, 4.69) is 27.6 Å². The number of hydrogen-bond donors (Lipinski definition) is 1. The Bertz CT molecular complexity index is 848. The first kappa shape index (κ1) is 19.6. The predicted molar refractivity (Wildman–Crippen MR) is 101 cm³/mol. The molecule has 0 bridgehead atoms. The molecule has 1 N–H and O–H groups in total. The van der Waals surface area contributed by atoms with Crippen LogP contribution in [0.2, 0.25) is 5.02 Å². The Kier molecular flexibility index (Phi) is 6.34. The highest BCUT2D eigenvalue weighted by molar-refractivity contribution is 14.1. The molecular weight excluding hydrogens is 468 g/mol. The summed E-state index contributed by atoms with van der Waals surface area (Å²) < 4.78 is 39.5. The summed E-state index contributed by atoms with van der Waals surface area (Å²) in [6, 6.07) is 9.18. The molecule has 3 aromatic rings. The molecule has 25 heavy (non-hydrogen) atoms. The van der Waals surface area contributed by atoms with E-state index in [9.17, 15) is 18.3 Å². The van der Waals surface area contributed by atoms with Crippen LogP contribution in [0.5, 0.6) is 5.75 Å². The van der Waals surface area contributed by atoms with Gasteiger partial charge in [-0.3, -0.25) is 4.57 Å². The van der Waals surface area contributed by atoms with Gasteiger partial charge in [-0.15, -0.1) is 0 Å². The smallest absolute Gasteiger partial charge is 0.416 e. The zero-order chi connectivity index (χ0) is 18.6. The molecule has 0 spiro atoms. The molecule has 0 fully saturated rings. The highest BCUT2D eigenvalue weighted by Gasteiger charge is 2.30. The fraction of sp³-hybridized carbons (Fsp3) is 0.118. The van der Waals surface area contributed by atoms with Crippen molar-refractivity contribution in [2.24, 2.45) is 0 Å². The van der Waals surface area contributed by atoms with Crippen molar-refractivity contribution in [3.8, 4) is 22.8 Å². The number of halogens is 5. The van der Waals surface area contributed by atoms with Gasteiger partial charge >= 0.3 is 6.18 Å². The number of rotatable bonds is 2. The van der Waals surface area contributed by atoms with Gasteiger partial charge in [0.05, 0.1) is 11.3 Å². The maximum absolute atomic E-state index is 12.6. The van der Waals surface area contributed by atoms with E-state index in [1.807, 2.05) is 4.93 Å². The van der Waals surface area contributed by atoms with Gasteiger partial charge in [-0.25, -0.2) is 4.98 Å². The molecule has 0 radical (unpaired) electrons. The molecule has 3 rings (SSSR count). The first-order valence-electron chi connectivity index (χ1n) is 6.94. The molecule has 3 nitrogen and oxygen atoms in total. The van der Waals surface area contributed by atoms with E-state index in [4.69, 9.17) is 11.6 Å². The zero-order valence-electron chi connectivity index (χ0n) is 12.9. The second kappa shape index (κ2) is 8.09. The van der Waals surface area contributed by atoms with Gasteiger partial charge in [-0.2, -0.15) is 13.2 Å². The Labute approximate surface area is 161 Å². The summed E-state index contributed by atoms with van der Waals surface area (Å²) in [4.78, 5) is 6.12. The lowest BCUT2D eigenvalue weighted by molar-refractivity contribution is -0.137. The minimum atomic E-state index is -4.39. The number of aromatic hydroxyl groups is 1. The molecule has 0 unspecified atom stereocenters. The quantitative estimate of drug-likeness (QED) is 0.363. The van der Waals surface area contributed by atoms with Crippen LogP contribution in [0.25, 0.3) is 17.1 Å². The minimum absolute atomic E-state index is 0.0134. The second-order valence-corrected chi connectivity index (χ2v) is 5.27. The summed E-state index contributed by atoms with van der Waals surface area (Å²) >= 11 is 8.08. The van der Waals surface area contributed by atoms with Crippen LogP contribution in [-0.4, -0.2) is 19.6 Å². The molecule has 0 aliphatic carbocycles. The van der Waals surface area contributed by atoms with E-state index in [1.54, 1.807) is 16.8 Å². The largest absolute Gasteiger partial charge is 0.506 e. The number of alkyl halides is 4. The van der Waals surface area contributed by atoms with Crippen molar-refractivity contribution < 1.29 is 18.3 Å². The topological polar surface area (TPSA) is 38.0 Å². The highest BCUT2D eigenvalue weighted by atomic mass is 127. The van der Waals surface area contributed by atoms with Gasteiger partial charge in [0.1, 0.15) is 11.6 Å². The first-order chi connectivity index (χ1) is 11.9. The first-order valence-corrected chi connectivity index (χ1v) is 9.47.